The van der Waals surface area contributed by atoms with Gasteiger partial charge >= 0.3 is 12.0 Å². The van der Waals surface area contributed by atoms with Gasteiger partial charge in [0.15, 0.2) is 0 Å². The fourth-order valence-electron chi connectivity index (χ4n) is 3.70. The summed E-state index contributed by atoms with van der Waals surface area (Å²) in [4.78, 5) is 28.4. The van der Waals surface area contributed by atoms with Crippen molar-refractivity contribution in [3.8, 4) is 0 Å². The number of benzene rings is 1. The van der Waals surface area contributed by atoms with Gasteiger partial charge in [-0.25, -0.2) is 9.59 Å². The molecule has 0 radical (unpaired) electrons. The molecule has 2 fully saturated rings. The van der Waals surface area contributed by atoms with Crippen LogP contribution in [0.4, 0.5) is 10.5 Å². The number of rotatable bonds is 3. The molecule has 1 aromatic rings. The van der Waals surface area contributed by atoms with Gasteiger partial charge in [-0.1, -0.05) is 31.4 Å². The molecule has 0 bridgehead atoms. The molecule has 136 valence electrons. The molecule has 6 nitrogen and oxygen atoms in total. The molecule has 1 saturated heterocycles. The van der Waals surface area contributed by atoms with Gasteiger partial charge in [0.2, 0.25) is 0 Å². The van der Waals surface area contributed by atoms with Crippen molar-refractivity contribution in [3.63, 3.8) is 0 Å². The van der Waals surface area contributed by atoms with Crippen LogP contribution in [0.3, 0.4) is 0 Å². The van der Waals surface area contributed by atoms with Gasteiger partial charge in [-0.3, -0.25) is 0 Å². The number of carbonyl (C=O) groups excluding carboxylic acids is 2. The lowest BCUT2D eigenvalue weighted by molar-refractivity contribution is 0.0601. The number of ether oxygens (including phenoxy) is 1. The van der Waals surface area contributed by atoms with Gasteiger partial charge in [0, 0.05) is 32.2 Å². The summed E-state index contributed by atoms with van der Waals surface area (Å²) in [5.74, 6) is -0.326. The summed E-state index contributed by atoms with van der Waals surface area (Å²) >= 11 is 0. The largest absolute Gasteiger partial charge is 0.465 e. The first kappa shape index (κ1) is 17.6. The van der Waals surface area contributed by atoms with Crippen molar-refractivity contribution >= 4 is 17.7 Å². The fourth-order valence-corrected chi connectivity index (χ4v) is 3.70. The summed E-state index contributed by atoms with van der Waals surface area (Å²) in [7, 11) is 1.40. The van der Waals surface area contributed by atoms with Crippen LogP contribution in [0.5, 0.6) is 0 Å². The van der Waals surface area contributed by atoms with Crippen LogP contribution in [0.25, 0.3) is 0 Å². The molecular weight excluding hydrogens is 318 g/mol. The Bertz CT molecular complexity index is 606. The number of carbonyl (C=O) groups is 2. The number of amides is 2. The van der Waals surface area contributed by atoms with Crippen molar-refractivity contribution < 1.29 is 14.3 Å². The molecule has 1 heterocycles. The number of esters is 1. The van der Waals surface area contributed by atoms with Crippen LogP contribution in [0, 0.1) is 0 Å². The van der Waals surface area contributed by atoms with Gasteiger partial charge in [0.25, 0.3) is 0 Å². The zero-order valence-electron chi connectivity index (χ0n) is 14.9. The van der Waals surface area contributed by atoms with Crippen LogP contribution < -0.4 is 10.2 Å². The van der Waals surface area contributed by atoms with E-state index in [-0.39, 0.29) is 12.0 Å². The van der Waals surface area contributed by atoms with Crippen molar-refractivity contribution in [2.45, 2.75) is 38.1 Å². The van der Waals surface area contributed by atoms with E-state index in [9.17, 15) is 9.59 Å². The van der Waals surface area contributed by atoms with Gasteiger partial charge in [0.05, 0.1) is 18.4 Å². The van der Waals surface area contributed by atoms with Crippen molar-refractivity contribution in [2.24, 2.45) is 0 Å². The zero-order chi connectivity index (χ0) is 17.6. The van der Waals surface area contributed by atoms with E-state index in [0.29, 0.717) is 37.8 Å². The molecule has 25 heavy (non-hydrogen) atoms. The molecular formula is C19H27N3O3. The first-order valence-corrected chi connectivity index (χ1v) is 9.17. The summed E-state index contributed by atoms with van der Waals surface area (Å²) < 4.78 is 4.87. The highest BCUT2D eigenvalue weighted by Gasteiger charge is 2.25. The van der Waals surface area contributed by atoms with Gasteiger partial charge in [-0.2, -0.15) is 0 Å². The third-order valence-electron chi connectivity index (χ3n) is 5.15. The van der Waals surface area contributed by atoms with E-state index < -0.39 is 0 Å². The number of hydrogen-bond donors (Lipinski definition) is 1. The molecule has 1 aromatic carbocycles. The SMILES string of the molecule is COC(=O)c1ccccc1N1CCN(C(=O)NC2CCCCC2)CC1. The highest BCUT2D eigenvalue weighted by Crippen LogP contribution is 2.23. The number of hydrogen-bond acceptors (Lipinski definition) is 4. The van der Waals surface area contributed by atoms with Crippen molar-refractivity contribution in [1.82, 2.24) is 10.2 Å². The second-order valence-electron chi connectivity index (χ2n) is 6.77. The summed E-state index contributed by atoms with van der Waals surface area (Å²) in [5, 5.41) is 3.18. The minimum atomic E-state index is -0.326. The third-order valence-corrected chi connectivity index (χ3v) is 5.15. The van der Waals surface area contributed by atoms with Gasteiger partial charge in [-0.05, 0) is 25.0 Å². The maximum absolute atomic E-state index is 12.5. The molecule has 0 spiro atoms. The molecule has 6 heteroatoms. The smallest absolute Gasteiger partial charge is 0.339 e. The van der Waals surface area contributed by atoms with E-state index in [1.807, 2.05) is 23.1 Å². The fraction of sp³-hybridized carbons (Fsp3) is 0.579. The monoisotopic (exact) mass is 345 g/mol. The number of methoxy groups -OCH3 is 1. The molecule has 1 aliphatic carbocycles. The summed E-state index contributed by atoms with van der Waals surface area (Å²) in [6.07, 6.45) is 5.90. The van der Waals surface area contributed by atoms with Crippen LogP contribution in [0.1, 0.15) is 42.5 Å². The Morgan fingerprint density at radius 1 is 1.04 bits per heavy atom. The van der Waals surface area contributed by atoms with Crippen LogP contribution >= 0.6 is 0 Å². The lowest BCUT2D eigenvalue weighted by atomic mass is 9.96. The van der Waals surface area contributed by atoms with E-state index in [1.54, 1.807) is 6.07 Å². The molecule has 2 aliphatic rings. The van der Waals surface area contributed by atoms with Crippen molar-refractivity contribution in [1.29, 1.82) is 0 Å². The lowest BCUT2D eigenvalue weighted by Crippen LogP contribution is -2.54. The Balaban J connectivity index is 1.57. The van der Waals surface area contributed by atoms with Crippen LogP contribution in [0.2, 0.25) is 0 Å². The summed E-state index contributed by atoms with van der Waals surface area (Å²) in [6, 6.07) is 7.85. The van der Waals surface area contributed by atoms with E-state index in [0.717, 1.165) is 18.5 Å². The average Bonchev–Trinajstić information content (AvgIpc) is 2.68. The van der Waals surface area contributed by atoms with Gasteiger partial charge < -0.3 is 19.9 Å². The third kappa shape index (κ3) is 4.24. The second kappa shape index (κ2) is 8.23. The number of anilines is 1. The molecule has 2 amide bonds. The Hall–Kier alpha value is -2.24. The van der Waals surface area contributed by atoms with Crippen molar-refractivity contribution in [3.05, 3.63) is 29.8 Å². The van der Waals surface area contributed by atoms with E-state index in [4.69, 9.17) is 4.74 Å². The van der Waals surface area contributed by atoms with Gasteiger partial charge in [-0.15, -0.1) is 0 Å². The number of nitrogens with zero attached hydrogens (tertiary/aromatic N) is 2. The molecule has 0 aromatic heterocycles. The topological polar surface area (TPSA) is 61.9 Å². The standard InChI is InChI=1S/C19H27N3O3/c1-25-18(23)16-9-5-6-10-17(16)21-11-13-22(14-12-21)19(24)20-15-7-3-2-4-8-15/h5-6,9-10,15H,2-4,7-8,11-14H2,1H3,(H,20,24). The minimum absolute atomic E-state index is 0.0489. The maximum Gasteiger partial charge on any atom is 0.339 e. The zero-order valence-corrected chi connectivity index (χ0v) is 14.9. The molecule has 3 rings (SSSR count). The second-order valence-corrected chi connectivity index (χ2v) is 6.77. The Morgan fingerprint density at radius 3 is 2.40 bits per heavy atom. The number of urea groups is 1. The minimum Gasteiger partial charge on any atom is -0.465 e. The van der Waals surface area contributed by atoms with Crippen LogP contribution in [-0.2, 0) is 4.74 Å². The van der Waals surface area contributed by atoms with E-state index >= 15 is 0 Å². The Kier molecular flexibility index (Phi) is 5.79. The molecule has 0 unspecified atom stereocenters. The first-order valence-electron chi connectivity index (χ1n) is 9.17. The predicted molar refractivity (Wildman–Crippen MR) is 97.0 cm³/mol. The van der Waals surface area contributed by atoms with Crippen LogP contribution in [-0.4, -0.2) is 56.2 Å². The normalized spacial score (nSPS) is 18.8. The predicted octanol–water partition coefficient (Wildman–Crippen LogP) is 2.64. The molecule has 1 saturated carbocycles. The first-order chi connectivity index (χ1) is 12.2. The maximum atomic E-state index is 12.5. The van der Waals surface area contributed by atoms with Crippen LogP contribution in [0.15, 0.2) is 24.3 Å². The number of piperazine rings is 1. The quantitative estimate of drug-likeness (QED) is 0.856. The van der Waals surface area contributed by atoms with E-state index in [1.165, 1.54) is 26.4 Å². The molecule has 1 N–H and O–H groups in total. The summed E-state index contributed by atoms with van der Waals surface area (Å²) in [5.41, 5.74) is 1.45. The highest BCUT2D eigenvalue weighted by atomic mass is 16.5. The Morgan fingerprint density at radius 2 is 1.72 bits per heavy atom. The highest BCUT2D eigenvalue weighted by molar-refractivity contribution is 5.95. The molecule has 0 atom stereocenters. The number of para-hydroxylation sites is 1. The summed E-state index contributed by atoms with van der Waals surface area (Å²) in [6.45, 7) is 2.75. The molecule has 1 aliphatic heterocycles. The number of nitrogens with one attached hydrogen (secondary N) is 1. The lowest BCUT2D eigenvalue weighted by Gasteiger charge is -2.37. The average molecular weight is 345 g/mol. The van der Waals surface area contributed by atoms with E-state index in [2.05, 4.69) is 10.2 Å². The Labute approximate surface area is 149 Å². The van der Waals surface area contributed by atoms with Crippen molar-refractivity contribution in [2.75, 3.05) is 38.2 Å². The van der Waals surface area contributed by atoms with Gasteiger partial charge in [0.1, 0.15) is 0 Å².